The van der Waals surface area contributed by atoms with Crippen LogP contribution >= 0.6 is 0 Å². The molecule has 0 N–H and O–H groups in total. The van der Waals surface area contributed by atoms with Crippen LogP contribution in [0.4, 0.5) is 5.69 Å². The van der Waals surface area contributed by atoms with Crippen LogP contribution in [0, 0.1) is 17.0 Å². The van der Waals surface area contributed by atoms with Gasteiger partial charge in [-0.15, -0.1) is 0 Å². The number of hydrogen-bond donors (Lipinski definition) is 0. The summed E-state index contributed by atoms with van der Waals surface area (Å²) in [4.78, 5) is 47.5. The third kappa shape index (κ3) is 5.16. The summed E-state index contributed by atoms with van der Waals surface area (Å²) in [7, 11) is 2.62. The maximum Gasteiger partial charge on any atom is 0.338 e. The largest absolute Gasteiger partial charge is 0.465 e. The van der Waals surface area contributed by atoms with E-state index in [0.717, 1.165) is 25.3 Å². The maximum absolute atomic E-state index is 12.2. The summed E-state index contributed by atoms with van der Waals surface area (Å²) < 4.78 is 14.8. The number of nitro benzene ring substituents is 1. The number of amides is 1. The monoisotopic (exact) mass is 390 g/mol. The first-order chi connectivity index (χ1) is 13.2. The van der Waals surface area contributed by atoms with Gasteiger partial charge in [-0.05, 0) is 25.1 Å². The number of carbonyl (C=O) groups is 3. The van der Waals surface area contributed by atoms with Crippen LogP contribution in [0.5, 0.6) is 0 Å². The Balaban J connectivity index is 2.05. The average molecular weight is 390 g/mol. The normalized spacial score (nSPS) is 10.2. The number of furan rings is 1. The smallest absolute Gasteiger partial charge is 0.338 e. The van der Waals surface area contributed by atoms with Crippen molar-refractivity contribution in [3.05, 3.63) is 63.1 Å². The van der Waals surface area contributed by atoms with E-state index in [2.05, 4.69) is 4.74 Å². The minimum absolute atomic E-state index is 0.180. The lowest BCUT2D eigenvalue weighted by atomic mass is 10.1. The van der Waals surface area contributed by atoms with Gasteiger partial charge in [0, 0.05) is 19.2 Å². The van der Waals surface area contributed by atoms with Gasteiger partial charge < -0.3 is 18.8 Å². The minimum Gasteiger partial charge on any atom is -0.465 e. The Morgan fingerprint density at radius 3 is 2.32 bits per heavy atom. The topological polar surface area (TPSA) is 129 Å². The maximum atomic E-state index is 12.2. The summed E-state index contributed by atoms with van der Waals surface area (Å²) in [5.41, 5.74) is -0.904. The van der Waals surface area contributed by atoms with Crippen LogP contribution in [0.2, 0.25) is 0 Å². The third-order valence-corrected chi connectivity index (χ3v) is 3.73. The quantitative estimate of drug-likeness (QED) is 0.399. The molecule has 0 aliphatic heterocycles. The molecule has 1 aromatic carbocycles. The number of nitrogens with zero attached hydrogens (tertiary/aromatic N) is 2. The van der Waals surface area contributed by atoms with Crippen molar-refractivity contribution in [2.45, 2.75) is 13.5 Å². The molecule has 0 radical (unpaired) electrons. The number of aryl methyl sites for hydroxylation is 1. The summed E-state index contributed by atoms with van der Waals surface area (Å²) in [5, 5.41) is 11.0. The third-order valence-electron chi connectivity index (χ3n) is 3.73. The van der Waals surface area contributed by atoms with Gasteiger partial charge in [0.2, 0.25) is 0 Å². The standard InChI is InChI=1S/C18H18N2O8/c1-11-4-5-15(28-11)9-19(2)16(21)10-27-18(23)13-6-12(17(22)26-3)7-14(8-13)20(24)25/h4-8H,9-10H2,1-3H3. The fraction of sp³-hybridized carbons (Fsp3) is 0.278. The van der Waals surface area contributed by atoms with E-state index in [9.17, 15) is 24.5 Å². The SMILES string of the molecule is COC(=O)c1cc(C(=O)OCC(=O)N(C)Cc2ccc(C)o2)cc([N+](=O)[O-])c1. The molecule has 2 aromatic rings. The molecule has 0 aliphatic rings. The van der Waals surface area contributed by atoms with E-state index in [1.54, 1.807) is 19.1 Å². The van der Waals surface area contributed by atoms with Gasteiger partial charge in [0.15, 0.2) is 6.61 Å². The highest BCUT2D eigenvalue weighted by Gasteiger charge is 2.20. The number of methoxy groups -OCH3 is 1. The number of nitro groups is 1. The molecule has 10 nitrogen and oxygen atoms in total. The predicted octanol–water partition coefficient (Wildman–Crippen LogP) is 2.10. The molecule has 1 amide bonds. The van der Waals surface area contributed by atoms with Gasteiger partial charge in [-0.25, -0.2) is 9.59 Å². The van der Waals surface area contributed by atoms with Gasteiger partial charge in [-0.1, -0.05) is 0 Å². The molecule has 0 bridgehead atoms. The molecule has 1 heterocycles. The predicted molar refractivity (Wildman–Crippen MR) is 94.6 cm³/mol. The minimum atomic E-state index is -0.982. The van der Waals surface area contributed by atoms with E-state index in [1.807, 2.05) is 0 Å². The van der Waals surface area contributed by atoms with Crippen LogP contribution in [0.1, 0.15) is 32.2 Å². The Morgan fingerprint density at radius 1 is 1.14 bits per heavy atom. The zero-order chi connectivity index (χ0) is 20.8. The van der Waals surface area contributed by atoms with Gasteiger partial charge in [-0.3, -0.25) is 14.9 Å². The molecule has 0 atom stereocenters. The van der Waals surface area contributed by atoms with Gasteiger partial charge in [0.25, 0.3) is 11.6 Å². The summed E-state index contributed by atoms with van der Waals surface area (Å²) >= 11 is 0. The molecule has 0 aliphatic carbocycles. The number of non-ortho nitro benzene ring substituents is 1. The first-order valence-corrected chi connectivity index (χ1v) is 8.05. The fourth-order valence-electron chi connectivity index (χ4n) is 2.28. The van der Waals surface area contributed by atoms with E-state index >= 15 is 0 Å². The van der Waals surface area contributed by atoms with E-state index in [-0.39, 0.29) is 17.7 Å². The van der Waals surface area contributed by atoms with Crippen molar-refractivity contribution >= 4 is 23.5 Å². The van der Waals surface area contributed by atoms with Crippen molar-refractivity contribution in [2.75, 3.05) is 20.8 Å². The Hall–Kier alpha value is -3.69. The lowest BCUT2D eigenvalue weighted by Gasteiger charge is -2.15. The van der Waals surface area contributed by atoms with Crippen molar-refractivity contribution in [3.63, 3.8) is 0 Å². The molecular formula is C18H18N2O8. The van der Waals surface area contributed by atoms with Crippen molar-refractivity contribution in [3.8, 4) is 0 Å². The molecule has 0 saturated carbocycles. The van der Waals surface area contributed by atoms with Crippen molar-refractivity contribution in [2.24, 2.45) is 0 Å². The van der Waals surface area contributed by atoms with Crippen molar-refractivity contribution < 1.29 is 33.2 Å². The van der Waals surface area contributed by atoms with Crippen LogP contribution in [0.15, 0.2) is 34.7 Å². The van der Waals surface area contributed by atoms with E-state index < -0.39 is 35.1 Å². The molecular weight excluding hydrogens is 372 g/mol. The lowest BCUT2D eigenvalue weighted by Crippen LogP contribution is -2.30. The van der Waals surface area contributed by atoms with E-state index in [0.29, 0.717) is 11.5 Å². The zero-order valence-electron chi connectivity index (χ0n) is 15.5. The Bertz CT molecular complexity index is 918. The molecule has 0 unspecified atom stereocenters. The highest BCUT2D eigenvalue weighted by Crippen LogP contribution is 2.19. The summed E-state index contributed by atoms with van der Waals surface area (Å²) in [6, 6.07) is 6.51. The average Bonchev–Trinajstić information content (AvgIpc) is 3.09. The van der Waals surface area contributed by atoms with Crippen LogP contribution in [0.25, 0.3) is 0 Å². The Labute approximate surface area is 159 Å². The van der Waals surface area contributed by atoms with Crippen molar-refractivity contribution in [1.82, 2.24) is 4.90 Å². The molecule has 0 fully saturated rings. The highest BCUT2D eigenvalue weighted by atomic mass is 16.6. The second-order valence-corrected chi connectivity index (χ2v) is 5.86. The summed E-state index contributed by atoms with van der Waals surface area (Å²) in [5.74, 6) is -1.05. The van der Waals surface area contributed by atoms with Gasteiger partial charge in [-0.2, -0.15) is 0 Å². The number of carbonyl (C=O) groups excluding carboxylic acids is 3. The van der Waals surface area contributed by atoms with Crippen LogP contribution in [0.3, 0.4) is 0 Å². The number of ether oxygens (including phenoxy) is 2. The zero-order valence-corrected chi connectivity index (χ0v) is 15.5. The number of rotatable bonds is 7. The first kappa shape index (κ1) is 20.6. The molecule has 0 saturated heterocycles. The molecule has 2 rings (SSSR count). The fourth-order valence-corrected chi connectivity index (χ4v) is 2.28. The lowest BCUT2D eigenvalue weighted by molar-refractivity contribution is -0.384. The van der Waals surface area contributed by atoms with Crippen molar-refractivity contribution in [1.29, 1.82) is 0 Å². The summed E-state index contributed by atoms with van der Waals surface area (Å²) in [6.45, 7) is 1.38. The van der Waals surface area contributed by atoms with Crippen LogP contribution in [-0.2, 0) is 20.8 Å². The highest BCUT2D eigenvalue weighted by molar-refractivity contribution is 5.97. The molecule has 28 heavy (non-hydrogen) atoms. The van der Waals surface area contributed by atoms with E-state index in [1.165, 1.54) is 11.9 Å². The Kier molecular flexibility index (Phi) is 6.48. The number of likely N-dealkylation sites (N-methyl/N-ethyl adjacent to an activating group) is 1. The number of benzene rings is 1. The van der Waals surface area contributed by atoms with Crippen LogP contribution < -0.4 is 0 Å². The Morgan fingerprint density at radius 2 is 1.79 bits per heavy atom. The summed E-state index contributed by atoms with van der Waals surface area (Å²) in [6.07, 6.45) is 0. The molecule has 148 valence electrons. The molecule has 10 heteroatoms. The van der Waals surface area contributed by atoms with Gasteiger partial charge in [0.1, 0.15) is 11.5 Å². The second-order valence-electron chi connectivity index (χ2n) is 5.86. The van der Waals surface area contributed by atoms with Gasteiger partial charge >= 0.3 is 11.9 Å². The first-order valence-electron chi connectivity index (χ1n) is 8.05. The molecule has 1 aromatic heterocycles. The second kappa shape index (κ2) is 8.80. The van der Waals surface area contributed by atoms with E-state index in [4.69, 9.17) is 9.15 Å². The molecule has 0 spiro atoms. The number of hydrogen-bond acceptors (Lipinski definition) is 8. The van der Waals surface area contributed by atoms with Gasteiger partial charge in [0.05, 0.1) is 29.7 Å². The van der Waals surface area contributed by atoms with Crippen LogP contribution in [-0.4, -0.2) is 48.4 Å². The number of esters is 2.